The van der Waals surface area contributed by atoms with E-state index < -0.39 is 60.4 Å². The molecule has 1 saturated heterocycles. The maximum Gasteiger partial charge on any atom is 0.668 e. The number of hydrogen-bond acceptors (Lipinski definition) is 12. The number of rotatable bonds is 27. The first kappa shape index (κ1) is 45.4. The summed E-state index contributed by atoms with van der Waals surface area (Å²) in [4.78, 5) is 0. The molecule has 1 rings (SSSR count). The molecule has 16 heteroatoms. The summed E-state index contributed by atoms with van der Waals surface area (Å²) in [6.45, 7) is 25.7. The fraction of sp³-hybridized carbons (Fsp3) is 1.00. The minimum Gasteiger partial charge on any atom is -0.394 e. The van der Waals surface area contributed by atoms with E-state index in [-0.39, 0.29) is 0 Å². The first-order chi connectivity index (χ1) is 22.2. The highest BCUT2D eigenvalue weighted by atomic mass is 28.6. The van der Waals surface area contributed by atoms with Crippen LogP contribution in [0.25, 0.3) is 0 Å². The zero-order valence-corrected chi connectivity index (χ0v) is 35.8. The van der Waals surface area contributed by atoms with E-state index in [2.05, 4.69) is 34.6 Å². The Kier molecular flexibility index (Phi) is 23.0. The number of unbranched alkanes of at least 4 members (excludes halogenated alkanes) is 5. The van der Waals surface area contributed by atoms with Crippen molar-refractivity contribution in [2.24, 2.45) is 0 Å². The molecule has 12 nitrogen and oxygen atoms in total. The molecular weight excluding hydrogens is 677 g/mol. The Bertz CT molecular complexity index is 786. The largest absolute Gasteiger partial charge is 0.668 e. The first-order valence-electron chi connectivity index (χ1n) is 18.2. The van der Waals surface area contributed by atoms with Crippen molar-refractivity contribution < 1.29 is 53.1 Å². The Balaban J connectivity index is 3.74. The normalized spacial score (nSPS) is 27.6. The third-order valence-corrected chi connectivity index (χ3v) is 22.1. The van der Waals surface area contributed by atoms with Crippen molar-refractivity contribution in [1.29, 1.82) is 0 Å². The molecule has 282 valence electrons. The van der Waals surface area contributed by atoms with Gasteiger partial charge in [0.25, 0.3) is 0 Å². The van der Waals surface area contributed by atoms with Crippen LogP contribution in [-0.4, -0.2) is 86.8 Å². The van der Waals surface area contributed by atoms with Gasteiger partial charge < -0.3 is 53.1 Å². The van der Waals surface area contributed by atoms with E-state index in [1.165, 1.54) is 0 Å². The van der Waals surface area contributed by atoms with Gasteiger partial charge in [-0.25, -0.2) is 0 Å². The lowest BCUT2D eigenvalue weighted by atomic mass is 10.4. The highest BCUT2D eigenvalue weighted by molar-refractivity contribution is 6.88. The second-order valence-corrected chi connectivity index (χ2v) is 24.2. The Morgan fingerprint density at radius 1 is 0.447 bits per heavy atom. The molecule has 1 heterocycles. The monoisotopic (exact) mass is 746 g/mol. The SMILES string of the molecule is CCCCOC(C)O[Si]1(C)O[Si](C)(C)O[Si](CCCC)(OC(C)OCCCC)O[Si](OC(C)OCCCC)(OC(C)OCCCC)O1. The molecule has 47 heavy (non-hydrogen) atoms. The topological polar surface area (TPSA) is 111 Å². The summed E-state index contributed by atoms with van der Waals surface area (Å²) >= 11 is 0. The predicted octanol–water partition coefficient (Wildman–Crippen LogP) is 8.23. The highest BCUT2D eigenvalue weighted by Gasteiger charge is 2.67. The average Bonchev–Trinajstić information content (AvgIpc) is 2.95. The molecule has 0 aromatic heterocycles. The minimum absolute atomic E-state index is 0.488. The van der Waals surface area contributed by atoms with Gasteiger partial charge in [0.1, 0.15) is 12.6 Å². The molecule has 0 spiro atoms. The quantitative estimate of drug-likeness (QED) is 0.0459. The lowest BCUT2D eigenvalue weighted by Crippen LogP contribution is -2.73. The molecule has 0 N–H and O–H groups in total. The van der Waals surface area contributed by atoms with Crippen molar-refractivity contribution >= 4 is 35.2 Å². The molecule has 0 amide bonds. The van der Waals surface area contributed by atoms with Gasteiger partial charge in [0.05, 0.1) is 0 Å². The van der Waals surface area contributed by atoms with Crippen LogP contribution in [-0.2, 0) is 53.1 Å². The molecule has 1 fully saturated rings. The average molecular weight is 747 g/mol. The molecule has 0 radical (unpaired) electrons. The van der Waals surface area contributed by atoms with Gasteiger partial charge in [-0.1, -0.05) is 66.7 Å². The van der Waals surface area contributed by atoms with Crippen LogP contribution >= 0.6 is 0 Å². The van der Waals surface area contributed by atoms with Gasteiger partial charge in [-0.15, -0.1) is 0 Å². The van der Waals surface area contributed by atoms with Crippen LogP contribution in [0.5, 0.6) is 0 Å². The van der Waals surface area contributed by atoms with Crippen molar-refractivity contribution in [1.82, 2.24) is 0 Å². The van der Waals surface area contributed by atoms with Crippen LogP contribution < -0.4 is 0 Å². The van der Waals surface area contributed by atoms with Crippen LogP contribution in [0.2, 0.25) is 25.7 Å². The maximum atomic E-state index is 7.11. The van der Waals surface area contributed by atoms with E-state index >= 15 is 0 Å². The molecule has 1 aliphatic rings. The summed E-state index contributed by atoms with van der Waals surface area (Å²) in [5.41, 5.74) is 0. The van der Waals surface area contributed by atoms with Crippen molar-refractivity contribution in [2.75, 3.05) is 26.4 Å². The molecule has 0 bridgehead atoms. The molecular formula is C31H70O12Si4. The van der Waals surface area contributed by atoms with Crippen LogP contribution in [0.3, 0.4) is 0 Å². The third-order valence-electron chi connectivity index (χ3n) is 7.01. The van der Waals surface area contributed by atoms with Gasteiger partial charge in [-0.05, 0) is 72.9 Å². The van der Waals surface area contributed by atoms with Crippen molar-refractivity contribution in [3.63, 3.8) is 0 Å². The van der Waals surface area contributed by atoms with Crippen LogP contribution in [0.1, 0.15) is 127 Å². The van der Waals surface area contributed by atoms with E-state index in [4.69, 9.17) is 53.1 Å². The number of hydrogen-bond donors (Lipinski definition) is 0. The van der Waals surface area contributed by atoms with Crippen molar-refractivity contribution in [3.8, 4) is 0 Å². The summed E-state index contributed by atoms with van der Waals surface area (Å²) in [6, 6.07) is 0.488. The molecule has 6 unspecified atom stereocenters. The molecule has 1 aliphatic heterocycles. The summed E-state index contributed by atoms with van der Waals surface area (Å²) in [5, 5.41) is 0. The Morgan fingerprint density at radius 2 is 0.830 bits per heavy atom. The third kappa shape index (κ3) is 19.0. The van der Waals surface area contributed by atoms with E-state index in [1.54, 1.807) is 0 Å². The number of ether oxygens (including phenoxy) is 4. The van der Waals surface area contributed by atoms with E-state index in [0.717, 1.165) is 64.2 Å². The standard InChI is InChI=1S/C31H70O12Si4/c1-13-18-23-32-28(6)36-45(12)40-44(10,11)41-46(27-22-17-5,37-29(7)33-24-19-14-2)43-47(42-45,38-30(8)34-25-20-15-3)39-31(9)35-26-21-16-4/h28-31H,13-27H2,1-12H3. The molecule has 0 aromatic rings. The fourth-order valence-corrected chi connectivity index (χ4v) is 22.4. The summed E-state index contributed by atoms with van der Waals surface area (Å²) in [6.07, 6.45) is 6.51. The summed E-state index contributed by atoms with van der Waals surface area (Å²) < 4.78 is 78.6. The Morgan fingerprint density at radius 3 is 1.23 bits per heavy atom. The maximum absolute atomic E-state index is 7.11. The van der Waals surface area contributed by atoms with Crippen LogP contribution in [0.15, 0.2) is 0 Å². The molecule has 6 atom stereocenters. The van der Waals surface area contributed by atoms with Crippen molar-refractivity contribution in [3.05, 3.63) is 0 Å². The zero-order chi connectivity index (χ0) is 35.4. The van der Waals surface area contributed by atoms with Crippen LogP contribution in [0, 0.1) is 0 Å². The summed E-state index contributed by atoms with van der Waals surface area (Å²) in [7, 11) is -14.7. The minimum atomic E-state index is -4.32. The van der Waals surface area contributed by atoms with E-state index in [1.807, 2.05) is 47.3 Å². The molecule has 0 aromatic carbocycles. The second-order valence-electron chi connectivity index (χ2n) is 12.6. The second kappa shape index (κ2) is 23.8. The molecule has 0 saturated carbocycles. The van der Waals surface area contributed by atoms with E-state index in [0.29, 0.717) is 32.5 Å². The van der Waals surface area contributed by atoms with Gasteiger partial charge >= 0.3 is 35.2 Å². The summed E-state index contributed by atoms with van der Waals surface area (Å²) in [5.74, 6) is 0. The fourth-order valence-electron chi connectivity index (χ4n) is 4.77. The van der Waals surface area contributed by atoms with Crippen LogP contribution in [0.4, 0.5) is 0 Å². The lowest BCUT2D eigenvalue weighted by molar-refractivity contribution is -0.179. The van der Waals surface area contributed by atoms with Crippen molar-refractivity contribution in [2.45, 2.75) is 177 Å². The zero-order valence-electron chi connectivity index (χ0n) is 31.8. The smallest absolute Gasteiger partial charge is 0.394 e. The lowest BCUT2D eigenvalue weighted by Gasteiger charge is -2.48. The van der Waals surface area contributed by atoms with Gasteiger partial charge in [0, 0.05) is 39.0 Å². The van der Waals surface area contributed by atoms with Gasteiger partial charge in [-0.2, -0.15) is 0 Å². The van der Waals surface area contributed by atoms with E-state index in [9.17, 15) is 0 Å². The van der Waals surface area contributed by atoms with Gasteiger partial charge in [0.15, 0.2) is 12.6 Å². The Hall–Kier alpha value is 0.388. The Labute approximate surface area is 291 Å². The molecule has 0 aliphatic carbocycles. The van der Waals surface area contributed by atoms with Gasteiger partial charge in [-0.3, -0.25) is 0 Å². The highest BCUT2D eigenvalue weighted by Crippen LogP contribution is 2.38. The van der Waals surface area contributed by atoms with Gasteiger partial charge in [0.2, 0.25) is 0 Å². The first-order valence-corrected chi connectivity index (χ1v) is 26.8. The predicted molar refractivity (Wildman–Crippen MR) is 190 cm³/mol.